The summed E-state index contributed by atoms with van der Waals surface area (Å²) >= 11 is 0. The molecule has 0 bridgehead atoms. The van der Waals surface area contributed by atoms with Gasteiger partial charge in [-0.2, -0.15) is 0 Å². The van der Waals surface area contributed by atoms with Gasteiger partial charge in [-0.1, -0.05) is 128 Å². The third-order valence-corrected chi connectivity index (χ3v) is 9.20. The third-order valence-electron chi connectivity index (χ3n) is 8.22. The van der Waals surface area contributed by atoms with Crippen LogP contribution in [-0.4, -0.2) is 84.6 Å². The Morgan fingerprint density at radius 1 is 0.745 bits per heavy atom. The first-order valence-corrected chi connectivity index (χ1v) is 20.3. The van der Waals surface area contributed by atoms with Gasteiger partial charge in [0, 0.05) is 0 Å². The molecular weight excluding hydrogens is 615 g/mol. The Kier molecular flexibility index (Phi) is 29.1. The van der Waals surface area contributed by atoms with Gasteiger partial charge in [-0.15, -0.1) is 0 Å². The zero-order valence-corrected chi connectivity index (χ0v) is 31.8. The fourth-order valence-corrected chi connectivity index (χ4v) is 5.86. The van der Waals surface area contributed by atoms with Gasteiger partial charge in [-0.25, -0.2) is 4.57 Å². The molecule has 0 aromatic heterocycles. The average molecular weight is 690 g/mol. The van der Waals surface area contributed by atoms with E-state index in [2.05, 4.69) is 31.3 Å². The minimum absolute atomic E-state index is 0.0249. The normalized spacial score (nSPS) is 15.7. The lowest BCUT2D eigenvalue weighted by Gasteiger charge is -2.25. The van der Waals surface area contributed by atoms with E-state index in [0.717, 1.165) is 51.4 Å². The number of amides is 1. The molecule has 0 saturated heterocycles. The lowest BCUT2D eigenvalue weighted by molar-refractivity contribution is -0.870. The first-order valence-electron chi connectivity index (χ1n) is 18.8. The highest BCUT2D eigenvalue weighted by molar-refractivity contribution is 7.47. The summed E-state index contributed by atoms with van der Waals surface area (Å²) < 4.78 is 23.3. The fraction of sp³-hybridized carbons (Fsp3) is 0.865. The van der Waals surface area contributed by atoms with Gasteiger partial charge in [-0.05, 0) is 38.5 Å². The number of phosphoric acid groups is 1. The molecule has 0 rings (SSSR count). The number of nitrogens with zero attached hydrogens (tertiary/aromatic N) is 1. The maximum atomic E-state index is 12.8. The van der Waals surface area contributed by atoms with E-state index in [1.54, 1.807) is 6.08 Å². The number of hydrogen-bond acceptors (Lipinski definition) is 6. The summed E-state index contributed by atoms with van der Waals surface area (Å²) in [5.74, 6) is -0.443. The molecule has 1 amide bonds. The number of phosphoric ester groups is 1. The standard InChI is InChI=1S/C37H73N2O7P/c1-6-8-10-12-14-16-17-18-19-21-23-25-27-29-36(41)35(33-46-47(43,44)45-31-30-39(3,4)5)38-37(42)32-34(40)28-26-24-22-20-15-13-11-9-7-2/h13,15,27,29,34-36,40-41H,6-12,14,16-26,28,30-33H2,1-5H3,(H-,38,42,43,44)/p+1/b15-13-,29-27+/t34?,35-,36+/m0/s1. The van der Waals surface area contributed by atoms with Gasteiger partial charge in [-0.3, -0.25) is 13.8 Å². The van der Waals surface area contributed by atoms with Gasteiger partial charge in [0.05, 0.1) is 52.4 Å². The van der Waals surface area contributed by atoms with Crippen LogP contribution < -0.4 is 5.32 Å². The zero-order chi connectivity index (χ0) is 35.2. The van der Waals surface area contributed by atoms with Crippen LogP contribution in [0.3, 0.4) is 0 Å². The maximum Gasteiger partial charge on any atom is 0.472 e. The number of carbonyl (C=O) groups is 1. The monoisotopic (exact) mass is 690 g/mol. The predicted molar refractivity (Wildman–Crippen MR) is 195 cm³/mol. The van der Waals surface area contributed by atoms with Crippen LogP contribution in [0, 0.1) is 0 Å². The lowest BCUT2D eigenvalue weighted by atomic mass is 10.0. The van der Waals surface area contributed by atoms with Crippen molar-refractivity contribution < 1.29 is 38.0 Å². The van der Waals surface area contributed by atoms with Crippen LogP contribution in [0.2, 0.25) is 0 Å². The SMILES string of the molecule is CCCC/C=C\CCCCCC(O)CC(=O)N[C@@H](COP(=O)(O)OCC[N+](C)(C)C)[C@H](O)/C=C/CCCCCCCCCCCCC. The molecule has 47 heavy (non-hydrogen) atoms. The Labute approximate surface area is 288 Å². The summed E-state index contributed by atoms with van der Waals surface area (Å²) in [5, 5.41) is 24.0. The third kappa shape index (κ3) is 31.9. The van der Waals surface area contributed by atoms with E-state index in [-0.39, 0.29) is 13.0 Å². The minimum Gasteiger partial charge on any atom is -0.393 e. The van der Waals surface area contributed by atoms with E-state index in [9.17, 15) is 24.5 Å². The Morgan fingerprint density at radius 3 is 1.83 bits per heavy atom. The number of hydrogen-bond donors (Lipinski definition) is 4. The number of nitrogens with one attached hydrogen (secondary N) is 1. The van der Waals surface area contributed by atoms with E-state index in [1.807, 2.05) is 27.2 Å². The van der Waals surface area contributed by atoms with E-state index in [0.29, 0.717) is 17.4 Å². The molecule has 0 spiro atoms. The number of allylic oxidation sites excluding steroid dienone is 3. The van der Waals surface area contributed by atoms with E-state index < -0.39 is 38.6 Å². The van der Waals surface area contributed by atoms with Crippen LogP contribution in [0.4, 0.5) is 0 Å². The summed E-state index contributed by atoms with van der Waals surface area (Å²) in [6.45, 7) is 4.55. The van der Waals surface area contributed by atoms with Crippen LogP contribution in [-0.2, 0) is 18.4 Å². The van der Waals surface area contributed by atoms with Crippen LogP contribution in [0.15, 0.2) is 24.3 Å². The molecule has 2 unspecified atom stereocenters. The van der Waals surface area contributed by atoms with Crippen molar-refractivity contribution in [1.82, 2.24) is 5.32 Å². The molecule has 0 radical (unpaired) electrons. The number of quaternary nitrogens is 1. The summed E-state index contributed by atoms with van der Waals surface area (Å²) in [6, 6.07) is -0.967. The van der Waals surface area contributed by atoms with Gasteiger partial charge in [0.25, 0.3) is 0 Å². The van der Waals surface area contributed by atoms with E-state index in [1.165, 1.54) is 70.6 Å². The quantitative estimate of drug-likeness (QED) is 0.0236. The van der Waals surface area contributed by atoms with Crippen molar-refractivity contribution in [2.45, 2.75) is 167 Å². The van der Waals surface area contributed by atoms with E-state index >= 15 is 0 Å². The summed E-state index contributed by atoms with van der Waals surface area (Å²) in [5.41, 5.74) is 0. The molecule has 10 heteroatoms. The fourth-order valence-electron chi connectivity index (χ4n) is 5.12. The molecule has 0 aromatic carbocycles. The predicted octanol–water partition coefficient (Wildman–Crippen LogP) is 8.38. The molecule has 9 nitrogen and oxygen atoms in total. The number of aliphatic hydroxyl groups is 2. The highest BCUT2D eigenvalue weighted by atomic mass is 31.2. The Balaban J connectivity index is 4.71. The van der Waals surface area contributed by atoms with Gasteiger partial charge < -0.3 is 24.9 Å². The number of aliphatic hydroxyl groups excluding tert-OH is 2. The highest BCUT2D eigenvalue weighted by Gasteiger charge is 2.28. The van der Waals surface area contributed by atoms with Crippen molar-refractivity contribution in [2.75, 3.05) is 40.9 Å². The molecular formula is C37H74N2O7P+. The Morgan fingerprint density at radius 2 is 1.26 bits per heavy atom. The van der Waals surface area contributed by atoms with Crippen molar-refractivity contribution in [2.24, 2.45) is 0 Å². The largest absolute Gasteiger partial charge is 0.472 e. The zero-order valence-electron chi connectivity index (χ0n) is 30.9. The minimum atomic E-state index is -4.39. The molecule has 0 heterocycles. The maximum absolute atomic E-state index is 12.8. The number of carbonyl (C=O) groups excluding carboxylic acids is 1. The van der Waals surface area contributed by atoms with Crippen molar-refractivity contribution in [3.63, 3.8) is 0 Å². The number of unbranched alkanes of at least 4 members (excludes halogenated alkanes) is 16. The molecule has 0 aliphatic rings. The topological polar surface area (TPSA) is 125 Å². The molecule has 0 aliphatic heterocycles. The number of rotatable bonds is 33. The molecule has 4 atom stereocenters. The molecule has 0 fully saturated rings. The summed E-state index contributed by atoms with van der Waals surface area (Å²) in [4.78, 5) is 23.0. The summed E-state index contributed by atoms with van der Waals surface area (Å²) in [6.07, 6.45) is 28.6. The molecule has 0 aliphatic carbocycles. The first-order chi connectivity index (χ1) is 22.4. The Bertz CT molecular complexity index is 847. The van der Waals surface area contributed by atoms with Gasteiger partial charge in [0.15, 0.2) is 0 Å². The molecule has 4 N–H and O–H groups in total. The first kappa shape index (κ1) is 45.9. The molecule has 0 saturated carbocycles. The highest BCUT2D eigenvalue weighted by Crippen LogP contribution is 2.43. The van der Waals surface area contributed by atoms with Crippen LogP contribution in [0.25, 0.3) is 0 Å². The van der Waals surface area contributed by atoms with E-state index in [4.69, 9.17) is 9.05 Å². The average Bonchev–Trinajstić information content (AvgIpc) is 2.99. The number of likely N-dealkylation sites (N-methyl/N-ethyl adjacent to an activating group) is 1. The van der Waals surface area contributed by atoms with Crippen LogP contribution >= 0.6 is 7.82 Å². The van der Waals surface area contributed by atoms with Crippen LogP contribution in [0.1, 0.15) is 149 Å². The van der Waals surface area contributed by atoms with Crippen molar-refractivity contribution >= 4 is 13.7 Å². The Hall–Kier alpha value is -1.06. The van der Waals surface area contributed by atoms with Crippen molar-refractivity contribution in [3.05, 3.63) is 24.3 Å². The second kappa shape index (κ2) is 29.8. The summed E-state index contributed by atoms with van der Waals surface area (Å²) in [7, 11) is 1.44. The lowest BCUT2D eigenvalue weighted by Crippen LogP contribution is -2.46. The second-order valence-corrected chi connectivity index (χ2v) is 15.6. The van der Waals surface area contributed by atoms with Crippen molar-refractivity contribution in [1.29, 1.82) is 0 Å². The van der Waals surface area contributed by atoms with Gasteiger partial charge in [0.2, 0.25) is 5.91 Å². The van der Waals surface area contributed by atoms with Gasteiger partial charge >= 0.3 is 7.82 Å². The molecule has 278 valence electrons. The van der Waals surface area contributed by atoms with Gasteiger partial charge in [0.1, 0.15) is 13.2 Å². The van der Waals surface area contributed by atoms with Crippen LogP contribution in [0.5, 0.6) is 0 Å². The molecule has 0 aromatic rings. The van der Waals surface area contributed by atoms with Crippen molar-refractivity contribution in [3.8, 4) is 0 Å². The second-order valence-electron chi connectivity index (χ2n) is 14.1. The smallest absolute Gasteiger partial charge is 0.393 e.